The van der Waals surface area contributed by atoms with Gasteiger partial charge >= 0.3 is 0 Å². The third-order valence-corrected chi connectivity index (χ3v) is 4.04. The summed E-state index contributed by atoms with van der Waals surface area (Å²) in [6, 6.07) is 10.4. The van der Waals surface area contributed by atoms with Crippen LogP contribution in [0.2, 0.25) is 10.0 Å². The largest absolute Gasteiger partial charge is 0.387 e. The number of amides is 1. The predicted molar refractivity (Wildman–Crippen MR) is 93.1 cm³/mol. The van der Waals surface area contributed by atoms with Crippen LogP contribution in [0.3, 0.4) is 0 Å². The van der Waals surface area contributed by atoms with Crippen molar-refractivity contribution in [2.24, 2.45) is 0 Å². The molecule has 0 heterocycles. The van der Waals surface area contributed by atoms with Gasteiger partial charge in [-0.1, -0.05) is 23.2 Å². The minimum absolute atomic E-state index is 0.225. The summed E-state index contributed by atoms with van der Waals surface area (Å²) in [6.45, 7) is 0. The normalized spacial score (nSPS) is 10.2. The molecule has 0 bridgehead atoms. The van der Waals surface area contributed by atoms with Crippen molar-refractivity contribution in [1.82, 2.24) is 0 Å². The van der Waals surface area contributed by atoms with Gasteiger partial charge in [-0.3, -0.25) is 4.79 Å². The standard InChI is InChI=1S/C14H11Cl2IN2O/c1-18-12-4-2-8(15)6-10(12)14(20)19-13-5-3-9(16)7-11(13)17/h2-7,18H,1H3,(H,19,20). The number of benzene rings is 2. The molecule has 0 unspecified atom stereocenters. The van der Waals surface area contributed by atoms with Crippen LogP contribution in [0.15, 0.2) is 36.4 Å². The van der Waals surface area contributed by atoms with Crippen LogP contribution in [0.25, 0.3) is 0 Å². The quantitative estimate of drug-likeness (QED) is 0.694. The first-order valence-electron chi connectivity index (χ1n) is 5.75. The molecule has 0 aliphatic carbocycles. The summed E-state index contributed by atoms with van der Waals surface area (Å²) in [5, 5.41) is 6.97. The van der Waals surface area contributed by atoms with E-state index in [4.69, 9.17) is 23.2 Å². The molecule has 2 aromatic carbocycles. The summed E-state index contributed by atoms with van der Waals surface area (Å²) in [5.74, 6) is -0.225. The lowest BCUT2D eigenvalue weighted by molar-refractivity contribution is 0.102. The minimum Gasteiger partial charge on any atom is -0.387 e. The number of nitrogens with one attached hydrogen (secondary N) is 2. The molecule has 2 aromatic rings. The van der Waals surface area contributed by atoms with Gasteiger partial charge in [0.1, 0.15) is 0 Å². The van der Waals surface area contributed by atoms with E-state index in [9.17, 15) is 4.79 Å². The second-order valence-electron chi connectivity index (χ2n) is 4.02. The number of hydrogen-bond donors (Lipinski definition) is 2. The van der Waals surface area contributed by atoms with E-state index < -0.39 is 0 Å². The Morgan fingerprint density at radius 1 is 1.05 bits per heavy atom. The molecule has 0 spiro atoms. The summed E-state index contributed by atoms with van der Waals surface area (Å²) in [5.41, 5.74) is 1.92. The first-order chi connectivity index (χ1) is 9.51. The summed E-state index contributed by atoms with van der Waals surface area (Å²) in [6.07, 6.45) is 0. The van der Waals surface area contributed by atoms with Crippen LogP contribution < -0.4 is 10.6 Å². The Bertz CT molecular complexity index is 662. The van der Waals surface area contributed by atoms with E-state index in [-0.39, 0.29) is 5.91 Å². The summed E-state index contributed by atoms with van der Waals surface area (Å²) in [7, 11) is 1.76. The Hall–Kier alpha value is -0.980. The number of carbonyl (C=O) groups is 1. The minimum atomic E-state index is -0.225. The third-order valence-electron chi connectivity index (χ3n) is 2.67. The van der Waals surface area contributed by atoms with Gasteiger partial charge < -0.3 is 10.6 Å². The zero-order valence-corrected chi connectivity index (χ0v) is 14.2. The van der Waals surface area contributed by atoms with E-state index >= 15 is 0 Å². The van der Waals surface area contributed by atoms with E-state index in [1.54, 1.807) is 43.4 Å². The average molecular weight is 421 g/mol. The van der Waals surface area contributed by atoms with E-state index in [0.717, 1.165) is 9.26 Å². The monoisotopic (exact) mass is 420 g/mol. The lowest BCUT2D eigenvalue weighted by atomic mass is 10.1. The van der Waals surface area contributed by atoms with Crippen LogP contribution in [0.1, 0.15) is 10.4 Å². The van der Waals surface area contributed by atoms with Crippen LogP contribution in [-0.2, 0) is 0 Å². The average Bonchev–Trinajstić information content (AvgIpc) is 2.41. The van der Waals surface area contributed by atoms with Gasteiger partial charge in [0.25, 0.3) is 5.91 Å². The van der Waals surface area contributed by atoms with Crippen molar-refractivity contribution in [2.75, 3.05) is 17.7 Å². The van der Waals surface area contributed by atoms with E-state index in [1.165, 1.54) is 0 Å². The summed E-state index contributed by atoms with van der Waals surface area (Å²) >= 11 is 14.0. The molecule has 2 N–H and O–H groups in total. The Labute approximate surface area is 140 Å². The van der Waals surface area contributed by atoms with Gasteiger partial charge in [0.2, 0.25) is 0 Å². The molecule has 0 aromatic heterocycles. The van der Waals surface area contributed by atoms with Crippen LogP contribution in [0.4, 0.5) is 11.4 Å². The molecular formula is C14H11Cl2IN2O. The fraction of sp³-hybridized carbons (Fsp3) is 0.0714. The number of hydrogen-bond acceptors (Lipinski definition) is 2. The van der Waals surface area contributed by atoms with Crippen molar-refractivity contribution in [2.45, 2.75) is 0 Å². The topological polar surface area (TPSA) is 41.1 Å². The lowest BCUT2D eigenvalue weighted by Crippen LogP contribution is -2.14. The van der Waals surface area contributed by atoms with Crippen molar-refractivity contribution < 1.29 is 4.79 Å². The van der Waals surface area contributed by atoms with E-state index in [2.05, 4.69) is 33.2 Å². The zero-order valence-electron chi connectivity index (χ0n) is 10.5. The fourth-order valence-electron chi connectivity index (χ4n) is 1.70. The molecule has 0 fully saturated rings. The second kappa shape index (κ2) is 6.65. The predicted octanol–water partition coefficient (Wildman–Crippen LogP) is 4.89. The molecule has 0 saturated carbocycles. The SMILES string of the molecule is CNc1ccc(Cl)cc1C(=O)Nc1ccc(Cl)cc1I. The van der Waals surface area contributed by atoms with Gasteiger partial charge in [-0.25, -0.2) is 0 Å². The van der Waals surface area contributed by atoms with Gasteiger partial charge in [0.05, 0.1) is 11.3 Å². The van der Waals surface area contributed by atoms with Crippen molar-refractivity contribution in [3.8, 4) is 0 Å². The van der Waals surface area contributed by atoms with E-state index in [0.29, 0.717) is 21.3 Å². The molecule has 20 heavy (non-hydrogen) atoms. The van der Waals surface area contributed by atoms with Gasteiger partial charge in [-0.05, 0) is 59.0 Å². The first kappa shape index (κ1) is 15.4. The van der Waals surface area contributed by atoms with Gasteiger partial charge in [0.15, 0.2) is 0 Å². The molecule has 104 valence electrons. The van der Waals surface area contributed by atoms with Gasteiger partial charge in [-0.15, -0.1) is 0 Å². The highest BCUT2D eigenvalue weighted by atomic mass is 127. The lowest BCUT2D eigenvalue weighted by Gasteiger charge is -2.11. The molecular weight excluding hydrogens is 410 g/mol. The van der Waals surface area contributed by atoms with Crippen molar-refractivity contribution in [1.29, 1.82) is 0 Å². The fourth-order valence-corrected chi connectivity index (χ4v) is 2.88. The molecule has 3 nitrogen and oxygen atoms in total. The maximum absolute atomic E-state index is 12.3. The van der Waals surface area contributed by atoms with Gasteiger partial charge in [-0.2, -0.15) is 0 Å². The molecule has 0 radical (unpaired) electrons. The molecule has 0 atom stereocenters. The molecule has 1 amide bonds. The number of anilines is 2. The molecule has 6 heteroatoms. The second-order valence-corrected chi connectivity index (χ2v) is 6.05. The first-order valence-corrected chi connectivity index (χ1v) is 7.58. The highest BCUT2D eigenvalue weighted by Crippen LogP contribution is 2.25. The third kappa shape index (κ3) is 3.56. The van der Waals surface area contributed by atoms with Crippen LogP contribution in [0, 0.1) is 3.57 Å². The Kier molecular flexibility index (Phi) is 5.12. The number of halogens is 3. The molecule has 2 rings (SSSR count). The van der Waals surface area contributed by atoms with Gasteiger partial charge in [0, 0.05) is 26.4 Å². The molecule has 0 aliphatic heterocycles. The Balaban J connectivity index is 2.30. The zero-order chi connectivity index (χ0) is 14.7. The molecule has 0 saturated heterocycles. The smallest absolute Gasteiger partial charge is 0.257 e. The highest BCUT2D eigenvalue weighted by Gasteiger charge is 2.13. The number of carbonyl (C=O) groups excluding carboxylic acids is 1. The van der Waals surface area contributed by atoms with Crippen molar-refractivity contribution in [3.63, 3.8) is 0 Å². The van der Waals surface area contributed by atoms with Crippen molar-refractivity contribution in [3.05, 3.63) is 55.6 Å². The van der Waals surface area contributed by atoms with Crippen LogP contribution in [0.5, 0.6) is 0 Å². The van der Waals surface area contributed by atoms with Crippen LogP contribution in [-0.4, -0.2) is 13.0 Å². The Morgan fingerprint density at radius 3 is 2.25 bits per heavy atom. The van der Waals surface area contributed by atoms with Crippen LogP contribution >= 0.6 is 45.8 Å². The van der Waals surface area contributed by atoms with Crippen molar-refractivity contribution >= 4 is 63.1 Å². The van der Waals surface area contributed by atoms with E-state index in [1.807, 2.05) is 0 Å². The highest BCUT2D eigenvalue weighted by molar-refractivity contribution is 14.1. The maximum Gasteiger partial charge on any atom is 0.257 e. The molecule has 0 aliphatic rings. The Morgan fingerprint density at radius 2 is 1.65 bits per heavy atom. The maximum atomic E-state index is 12.3. The summed E-state index contributed by atoms with van der Waals surface area (Å²) in [4.78, 5) is 12.3. The summed E-state index contributed by atoms with van der Waals surface area (Å²) < 4.78 is 0.872. The number of rotatable bonds is 3.